The van der Waals surface area contributed by atoms with Gasteiger partial charge in [-0.25, -0.2) is 8.42 Å². The molecule has 2 fully saturated rings. The summed E-state index contributed by atoms with van der Waals surface area (Å²) in [5.41, 5.74) is 1.23. The first-order valence-corrected chi connectivity index (χ1v) is 12.1. The number of nitrogens with one attached hydrogen (secondary N) is 1. The molecule has 2 aliphatic carbocycles. The molecule has 1 aromatic carbocycles. The maximum absolute atomic E-state index is 13.2. The minimum atomic E-state index is -3.59. The normalized spacial score (nSPS) is 19.3. The minimum Gasteiger partial charge on any atom is -0.451 e. The quantitative estimate of drug-likeness (QED) is 0.782. The second-order valence-corrected chi connectivity index (χ2v) is 10.5. The van der Waals surface area contributed by atoms with Crippen molar-refractivity contribution in [2.24, 2.45) is 0 Å². The van der Waals surface area contributed by atoms with Crippen molar-refractivity contribution in [3.8, 4) is 0 Å². The molecule has 0 aliphatic heterocycles. The third-order valence-electron chi connectivity index (χ3n) is 6.57. The topological polar surface area (TPSA) is 79.6 Å². The number of sulfonamides is 1. The van der Waals surface area contributed by atoms with Crippen LogP contribution in [0.5, 0.6) is 0 Å². The predicted octanol–water partition coefficient (Wildman–Crippen LogP) is 4.37. The van der Waals surface area contributed by atoms with Crippen molar-refractivity contribution in [1.82, 2.24) is 9.62 Å². The van der Waals surface area contributed by atoms with Crippen LogP contribution in [-0.4, -0.2) is 37.8 Å². The Hall–Kier alpha value is -1.86. The molecular formula is C22H30N2O4S. The number of hydrogen-bond donors (Lipinski definition) is 1. The van der Waals surface area contributed by atoms with Gasteiger partial charge >= 0.3 is 0 Å². The fraction of sp³-hybridized carbons (Fsp3) is 0.591. The maximum Gasteiger partial charge on any atom is 0.287 e. The van der Waals surface area contributed by atoms with Crippen LogP contribution in [0.2, 0.25) is 0 Å². The standard InChI is InChI=1S/C22H30N2O4S/c1-15-19-14-18(29(26,27)24(2)17-10-4-3-5-11-17)12-13-20(19)28-21(15)22(25)23-16-8-6-7-9-16/h12-14,16-17H,3-11H2,1-2H3,(H,23,25). The van der Waals surface area contributed by atoms with Gasteiger partial charge in [0.25, 0.3) is 5.91 Å². The number of carbonyl (C=O) groups is 1. The van der Waals surface area contributed by atoms with E-state index in [4.69, 9.17) is 4.42 Å². The summed E-state index contributed by atoms with van der Waals surface area (Å²) in [6, 6.07) is 5.15. The Morgan fingerprint density at radius 2 is 1.72 bits per heavy atom. The fourth-order valence-electron chi connectivity index (χ4n) is 4.71. The number of benzene rings is 1. The minimum absolute atomic E-state index is 0.0580. The second-order valence-electron chi connectivity index (χ2n) is 8.48. The molecule has 1 aromatic heterocycles. The molecule has 0 radical (unpaired) electrons. The Kier molecular flexibility index (Phi) is 5.71. The van der Waals surface area contributed by atoms with Crippen LogP contribution < -0.4 is 5.32 Å². The lowest BCUT2D eigenvalue weighted by Gasteiger charge is -2.30. The molecule has 2 aliphatic rings. The summed E-state index contributed by atoms with van der Waals surface area (Å²) in [6.07, 6.45) is 9.42. The van der Waals surface area contributed by atoms with E-state index in [1.54, 1.807) is 25.2 Å². The van der Waals surface area contributed by atoms with Gasteiger partial charge in [0, 0.05) is 30.1 Å². The Bertz CT molecular complexity index is 999. The molecule has 1 amide bonds. The molecule has 0 unspecified atom stereocenters. The maximum atomic E-state index is 13.2. The third-order valence-corrected chi connectivity index (χ3v) is 8.48. The van der Waals surface area contributed by atoms with Gasteiger partial charge in [0.15, 0.2) is 5.76 Å². The molecule has 29 heavy (non-hydrogen) atoms. The molecule has 2 aromatic rings. The number of rotatable bonds is 5. The molecule has 1 N–H and O–H groups in total. The van der Waals surface area contributed by atoms with Gasteiger partial charge in [-0.15, -0.1) is 0 Å². The van der Waals surface area contributed by atoms with Gasteiger partial charge in [0.1, 0.15) is 5.58 Å². The van der Waals surface area contributed by atoms with Crippen LogP contribution in [0.1, 0.15) is 73.9 Å². The van der Waals surface area contributed by atoms with Crippen molar-refractivity contribution in [1.29, 1.82) is 0 Å². The third kappa shape index (κ3) is 3.94. The molecule has 6 nitrogen and oxygen atoms in total. The summed E-state index contributed by atoms with van der Waals surface area (Å²) in [5.74, 6) is 0.0661. The summed E-state index contributed by atoms with van der Waals surface area (Å²) < 4.78 is 33.7. The predicted molar refractivity (Wildman–Crippen MR) is 112 cm³/mol. The first-order valence-electron chi connectivity index (χ1n) is 10.7. The van der Waals surface area contributed by atoms with Gasteiger partial charge in [0.05, 0.1) is 4.90 Å². The van der Waals surface area contributed by atoms with Crippen LogP contribution in [0, 0.1) is 6.92 Å². The van der Waals surface area contributed by atoms with E-state index in [2.05, 4.69) is 5.32 Å². The Morgan fingerprint density at radius 1 is 1.07 bits per heavy atom. The molecular weight excluding hydrogens is 388 g/mol. The van der Waals surface area contributed by atoms with Gasteiger partial charge in [-0.3, -0.25) is 4.79 Å². The zero-order valence-electron chi connectivity index (χ0n) is 17.2. The van der Waals surface area contributed by atoms with Crippen LogP contribution in [0.15, 0.2) is 27.5 Å². The number of carbonyl (C=O) groups excluding carboxylic acids is 1. The highest BCUT2D eigenvalue weighted by Gasteiger charge is 2.30. The van der Waals surface area contributed by atoms with Crippen molar-refractivity contribution in [2.75, 3.05) is 7.05 Å². The average molecular weight is 419 g/mol. The molecule has 0 bridgehead atoms. The van der Waals surface area contributed by atoms with Crippen LogP contribution >= 0.6 is 0 Å². The molecule has 0 saturated heterocycles. The van der Waals surface area contributed by atoms with Crippen molar-refractivity contribution in [2.45, 2.75) is 81.7 Å². The molecule has 4 rings (SSSR count). The average Bonchev–Trinajstić information content (AvgIpc) is 3.35. The van der Waals surface area contributed by atoms with E-state index in [9.17, 15) is 13.2 Å². The van der Waals surface area contributed by atoms with Gasteiger partial charge < -0.3 is 9.73 Å². The first kappa shape index (κ1) is 20.4. The summed E-state index contributed by atoms with van der Waals surface area (Å²) in [6.45, 7) is 1.82. The highest BCUT2D eigenvalue weighted by atomic mass is 32.2. The van der Waals surface area contributed by atoms with Gasteiger partial charge in [-0.2, -0.15) is 4.31 Å². The lowest BCUT2D eigenvalue weighted by Crippen LogP contribution is -2.38. The molecule has 0 spiro atoms. The SMILES string of the molecule is Cc1c(C(=O)NC2CCCC2)oc2ccc(S(=O)(=O)N(C)C3CCCCC3)cc12. The number of nitrogens with zero attached hydrogens (tertiary/aromatic N) is 1. The van der Waals surface area contributed by atoms with Crippen LogP contribution in [0.4, 0.5) is 0 Å². The van der Waals surface area contributed by atoms with E-state index in [1.165, 1.54) is 10.7 Å². The molecule has 2 saturated carbocycles. The van der Waals surface area contributed by atoms with E-state index in [0.717, 1.165) is 51.4 Å². The highest BCUT2D eigenvalue weighted by Crippen LogP contribution is 2.31. The van der Waals surface area contributed by atoms with E-state index in [-0.39, 0.29) is 28.6 Å². The van der Waals surface area contributed by atoms with E-state index in [0.29, 0.717) is 16.5 Å². The number of hydrogen-bond acceptors (Lipinski definition) is 4. The summed E-state index contributed by atoms with van der Waals surface area (Å²) >= 11 is 0. The fourth-order valence-corrected chi connectivity index (χ4v) is 6.15. The summed E-state index contributed by atoms with van der Waals surface area (Å²) in [5, 5.41) is 3.72. The number of furan rings is 1. The van der Waals surface area contributed by atoms with Crippen LogP contribution in [0.25, 0.3) is 11.0 Å². The molecule has 1 heterocycles. The summed E-state index contributed by atoms with van der Waals surface area (Å²) in [7, 11) is -1.91. The summed E-state index contributed by atoms with van der Waals surface area (Å²) in [4.78, 5) is 12.9. The van der Waals surface area contributed by atoms with E-state index >= 15 is 0 Å². The van der Waals surface area contributed by atoms with E-state index in [1.807, 2.05) is 6.92 Å². The Balaban J connectivity index is 1.61. The van der Waals surface area contributed by atoms with Crippen molar-refractivity contribution < 1.29 is 17.6 Å². The lowest BCUT2D eigenvalue weighted by molar-refractivity contribution is 0.0911. The van der Waals surface area contributed by atoms with Crippen LogP contribution in [0.3, 0.4) is 0 Å². The van der Waals surface area contributed by atoms with Crippen molar-refractivity contribution >= 4 is 26.9 Å². The van der Waals surface area contributed by atoms with Gasteiger partial charge in [0.2, 0.25) is 10.0 Å². The molecule has 0 atom stereocenters. The molecule has 7 heteroatoms. The number of fused-ring (bicyclic) bond motifs is 1. The smallest absolute Gasteiger partial charge is 0.287 e. The lowest BCUT2D eigenvalue weighted by atomic mass is 9.96. The zero-order valence-corrected chi connectivity index (χ0v) is 18.1. The van der Waals surface area contributed by atoms with Crippen LogP contribution in [-0.2, 0) is 10.0 Å². The Labute approximate surface area is 172 Å². The number of amides is 1. The van der Waals surface area contributed by atoms with E-state index < -0.39 is 10.0 Å². The van der Waals surface area contributed by atoms with Crippen molar-refractivity contribution in [3.63, 3.8) is 0 Å². The van der Waals surface area contributed by atoms with Gasteiger partial charge in [-0.1, -0.05) is 32.1 Å². The molecule has 158 valence electrons. The highest BCUT2D eigenvalue weighted by molar-refractivity contribution is 7.89. The second kappa shape index (κ2) is 8.11. The Morgan fingerprint density at radius 3 is 2.41 bits per heavy atom. The zero-order chi connectivity index (χ0) is 20.6. The van der Waals surface area contributed by atoms with Gasteiger partial charge in [-0.05, 0) is 50.8 Å². The largest absolute Gasteiger partial charge is 0.451 e. The first-order chi connectivity index (χ1) is 13.9. The van der Waals surface area contributed by atoms with Crippen molar-refractivity contribution in [3.05, 3.63) is 29.5 Å². The number of aryl methyl sites for hydroxylation is 1. The monoisotopic (exact) mass is 418 g/mol.